The molecule has 3 rings (SSSR count). The van der Waals surface area contributed by atoms with Crippen LogP contribution < -0.4 is 14.8 Å². The van der Waals surface area contributed by atoms with Crippen molar-refractivity contribution in [1.82, 2.24) is 5.32 Å². The monoisotopic (exact) mass is 287 g/mol. The van der Waals surface area contributed by atoms with E-state index in [1.165, 1.54) is 6.07 Å². The lowest BCUT2D eigenvalue weighted by atomic mass is 10.0. The van der Waals surface area contributed by atoms with Gasteiger partial charge in [-0.1, -0.05) is 6.07 Å². The van der Waals surface area contributed by atoms with Crippen molar-refractivity contribution in [3.8, 4) is 11.5 Å². The highest BCUT2D eigenvalue weighted by Crippen LogP contribution is 2.45. The molecule has 1 unspecified atom stereocenters. The molecular weight excluding hydrogens is 271 g/mol. The molecule has 6 heteroatoms. The van der Waals surface area contributed by atoms with E-state index in [9.17, 15) is 13.2 Å². The Hall–Kier alpha value is -1.43. The van der Waals surface area contributed by atoms with Gasteiger partial charge in [-0.25, -0.2) is 0 Å². The Bertz CT molecular complexity index is 496. The molecule has 0 amide bonds. The van der Waals surface area contributed by atoms with Crippen LogP contribution in [-0.4, -0.2) is 25.8 Å². The van der Waals surface area contributed by atoms with Crippen LogP contribution >= 0.6 is 0 Å². The maximum absolute atomic E-state index is 13.0. The molecule has 0 radical (unpaired) electrons. The van der Waals surface area contributed by atoms with Crippen LogP contribution in [0.5, 0.6) is 11.5 Å². The number of benzene rings is 1. The fraction of sp³-hybridized carbons (Fsp3) is 0.571. The van der Waals surface area contributed by atoms with E-state index in [2.05, 4.69) is 5.32 Å². The molecule has 0 bridgehead atoms. The molecule has 1 atom stereocenters. The van der Waals surface area contributed by atoms with Crippen LogP contribution in [0.25, 0.3) is 0 Å². The summed E-state index contributed by atoms with van der Waals surface area (Å²) in [6.07, 6.45) is -1.61. The van der Waals surface area contributed by atoms with Crippen molar-refractivity contribution in [2.75, 3.05) is 19.8 Å². The summed E-state index contributed by atoms with van der Waals surface area (Å²) in [4.78, 5) is 0. The molecule has 1 saturated heterocycles. The Morgan fingerprint density at radius 1 is 1.15 bits per heavy atom. The lowest BCUT2D eigenvalue weighted by Crippen LogP contribution is -2.25. The highest BCUT2D eigenvalue weighted by atomic mass is 19.4. The number of rotatable bonds is 2. The minimum absolute atomic E-state index is 0.153. The minimum Gasteiger partial charge on any atom is -0.486 e. The summed E-state index contributed by atoms with van der Waals surface area (Å²) >= 11 is 0. The Morgan fingerprint density at radius 3 is 2.55 bits per heavy atom. The predicted octanol–water partition coefficient (Wildman–Crippen LogP) is 2.77. The molecule has 1 N–H and O–H groups in total. The number of halogens is 3. The van der Waals surface area contributed by atoms with Crippen molar-refractivity contribution in [2.45, 2.75) is 31.5 Å². The summed E-state index contributed by atoms with van der Waals surface area (Å²) < 4.78 is 49.6. The smallest absolute Gasteiger partial charge is 0.420 e. The Kier molecular flexibility index (Phi) is 3.50. The van der Waals surface area contributed by atoms with Crippen molar-refractivity contribution in [3.05, 3.63) is 23.3 Å². The first-order valence-corrected chi connectivity index (χ1v) is 6.78. The van der Waals surface area contributed by atoms with Gasteiger partial charge in [0.15, 0.2) is 11.5 Å². The fourth-order valence-corrected chi connectivity index (χ4v) is 2.77. The fourth-order valence-electron chi connectivity index (χ4n) is 2.77. The average Bonchev–Trinajstić information content (AvgIpc) is 2.90. The summed E-state index contributed by atoms with van der Waals surface area (Å²) in [6, 6.07) is 2.91. The van der Waals surface area contributed by atoms with E-state index < -0.39 is 11.7 Å². The van der Waals surface area contributed by atoms with Gasteiger partial charge in [-0.3, -0.25) is 0 Å². The third-order valence-electron chi connectivity index (χ3n) is 3.70. The first kappa shape index (κ1) is 13.5. The third-order valence-corrected chi connectivity index (χ3v) is 3.70. The zero-order valence-corrected chi connectivity index (χ0v) is 10.9. The zero-order valence-electron chi connectivity index (χ0n) is 10.9. The van der Waals surface area contributed by atoms with E-state index in [0.29, 0.717) is 19.1 Å². The zero-order chi connectivity index (χ0) is 14.2. The Labute approximate surface area is 115 Å². The first-order valence-electron chi connectivity index (χ1n) is 6.78. The standard InChI is InChI=1S/C14H16F3NO2/c15-14(16,17)11-4-3-9(8-10-2-1-5-18-10)12-13(11)20-7-6-19-12/h3-4,10,18H,1-2,5-8H2. The number of nitrogens with one attached hydrogen (secondary N) is 1. The second-order valence-corrected chi connectivity index (χ2v) is 5.12. The summed E-state index contributed by atoms with van der Waals surface area (Å²) in [7, 11) is 0. The molecule has 0 aromatic heterocycles. The summed E-state index contributed by atoms with van der Waals surface area (Å²) in [5.41, 5.74) is 0.0300. The van der Waals surface area contributed by atoms with E-state index >= 15 is 0 Å². The van der Waals surface area contributed by atoms with Crippen LogP contribution in [0.2, 0.25) is 0 Å². The molecule has 1 aromatic rings. The highest BCUT2D eigenvalue weighted by molar-refractivity contribution is 5.54. The SMILES string of the molecule is FC(F)(F)c1ccc(CC2CCCN2)c2c1OCCO2. The van der Waals surface area contributed by atoms with Crippen molar-refractivity contribution < 1.29 is 22.6 Å². The summed E-state index contributed by atoms with van der Waals surface area (Å²) in [5.74, 6) is 0.110. The maximum Gasteiger partial charge on any atom is 0.420 e. The van der Waals surface area contributed by atoms with Gasteiger partial charge in [0.1, 0.15) is 18.8 Å². The molecule has 3 nitrogen and oxygen atoms in total. The van der Waals surface area contributed by atoms with Gasteiger partial charge in [-0.2, -0.15) is 13.2 Å². The number of ether oxygens (including phenoxy) is 2. The molecule has 2 aliphatic rings. The second kappa shape index (κ2) is 5.16. The minimum atomic E-state index is -4.42. The van der Waals surface area contributed by atoms with Gasteiger partial charge in [0, 0.05) is 6.04 Å². The lowest BCUT2D eigenvalue weighted by molar-refractivity contribution is -0.139. The molecule has 110 valence electrons. The summed E-state index contributed by atoms with van der Waals surface area (Å²) in [6.45, 7) is 1.41. The molecule has 0 aliphatic carbocycles. The van der Waals surface area contributed by atoms with Crippen molar-refractivity contribution in [1.29, 1.82) is 0 Å². The van der Waals surface area contributed by atoms with E-state index in [1.807, 2.05) is 0 Å². The largest absolute Gasteiger partial charge is 0.486 e. The number of hydrogen-bond acceptors (Lipinski definition) is 3. The Morgan fingerprint density at radius 2 is 1.90 bits per heavy atom. The normalized spacial score (nSPS) is 22.1. The topological polar surface area (TPSA) is 30.5 Å². The quantitative estimate of drug-likeness (QED) is 0.907. The molecular formula is C14H16F3NO2. The van der Waals surface area contributed by atoms with Gasteiger partial charge in [0.2, 0.25) is 0 Å². The molecule has 1 aromatic carbocycles. The van der Waals surface area contributed by atoms with Gasteiger partial charge in [-0.15, -0.1) is 0 Å². The van der Waals surface area contributed by atoms with Gasteiger partial charge >= 0.3 is 6.18 Å². The van der Waals surface area contributed by atoms with Crippen LogP contribution in [0.3, 0.4) is 0 Å². The molecule has 2 heterocycles. The van der Waals surface area contributed by atoms with Gasteiger partial charge in [-0.05, 0) is 37.4 Å². The average molecular weight is 287 g/mol. The van der Waals surface area contributed by atoms with Crippen LogP contribution in [0.15, 0.2) is 12.1 Å². The van der Waals surface area contributed by atoms with Gasteiger partial charge in [0.05, 0.1) is 0 Å². The summed E-state index contributed by atoms with van der Waals surface area (Å²) in [5, 5.41) is 3.34. The van der Waals surface area contributed by atoms with E-state index in [-0.39, 0.29) is 18.1 Å². The van der Waals surface area contributed by atoms with Gasteiger partial charge < -0.3 is 14.8 Å². The first-order chi connectivity index (χ1) is 9.55. The maximum atomic E-state index is 13.0. The lowest BCUT2D eigenvalue weighted by Gasteiger charge is -2.25. The molecule has 0 saturated carbocycles. The number of fused-ring (bicyclic) bond motifs is 1. The predicted molar refractivity (Wildman–Crippen MR) is 67.2 cm³/mol. The van der Waals surface area contributed by atoms with Crippen molar-refractivity contribution >= 4 is 0 Å². The van der Waals surface area contributed by atoms with Crippen LogP contribution in [0.1, 0.15) is 24.0 Å². The van der Waals surface area contributed by atoms with Crippen molar-refractivity contribution in [3.63, 3.8) is 0 Å². The highest BCUT2D eigenvalue weighted by Gasteiger charge is 2.38. The Balaban J connectivity index is 1.95. The van der Waals surface area contributed by atoms with Crippen molar-refractivity contribution in [2.24, 2.45) is 0 Å². The molecule has 1 fully saturated rings. The molecule has 20 heavy (non-hydrogen) atoms. The van der Waals surface area contributed by atoms with E-state index in [1.54, 1.807) is 0 Å². The number of alkyl halides is 3. The third kappa shape index (κ3) is 2.57. The van der Waals surface area contributed by atoms with Crippen LogP contribution in [0.4, 0.5) is 13.2 Å². The number of hydrogen-bond donors (Lipinski definition) is 1. The molecule has 2 aliphatic heterocycles. The van der Waals surface area contributed by atoms with Crippen LogP contribution in [0, 0.1) is 0 Å². The van der Waals surface area contributed by atoms with E-state index in [0.717, 1.165) is 31.0 Å². The molecule has 0 spiro atoms. The van der Waals surface area contributed by atoms with Crippen LogP contribution in [-0.2, 0) is 12.6 Å². The van der Waals surface area contributed by atoms with Gasteiger partial charge in [0.25, 0.3) is 0 Å². The second-order valence-electron chi connectivity index (χ2n) is 5.12. The van der Waals surface area contributed by atoms with E-state index in [4.69, 9.17) is 9.47 Å².